The highest BCUT2D eigenvalue weighted by molar-refractivity contribution is 5.91. The molecule has 1 aliphatic heterocycles. The van der Waals surface area contributed by atoms with Gasteiger partial charge in [0.15, 0.2) is 0 Å². The Morgan fingerprint density at radius 1 is 1.15 bits per heavy atom. The number of nitrogens with zero attached hydrogens (tertiary/aromatic N) is 1. The highest BCUT2D eigenvalue weighted by atomic mass is 16.1. The molecular weight excluding hydrogens is 320 g/mol. The average molecular weight is 348 g/mol. The molecule has 1 unspecified atom stereocenters. The van der Waals surface area contributed by atoms with Gasteiger partial charge in [-0.25, -0.2) is 0 Å². The van der Waals surface area contributed by atoms with Crippen molar-refractivity contribution in [1.82, 2.24) is 0 Å². The van der Waals surface area contributed by atoms with E-state index >= 15 is 0 Å². The summed E-state index contributed by atoms with van der Waals surface area (Å²) in [5.74, 6) is 0.747. The summed E-state index contributed by atoms with van der Waals surface area (Å²) in [5, 5.41) is 3.13. The summed E-state index contributed by atoms with van der Waals surface area (Å²) in [6.45, 7) is 3.29. The normalized spacial score (nSPS) is 18.0. The van der Waals surface area contributed by atoms with Gasteiger partial charge in [-0.15, -0.1) is 0 Å². The fraction of sp³-hybridized carbons (Fsp3) is 0.435. The lowest BCUT2D eigenvalue weighted by Gasteiger charge is -2.28. The molecule has 2 aromatic rings. The minimum absolute atomic E-state index is 0.164. The van der Waals surface area contributed by atoms with Gasteiger partial charge in [0.25, 0.3) is 0 Å². The van der Waals surface area contributed by atoms with Gasteiger partial charge in [0.1, 0.15) is 0 Å². The van der Waals surface area contributed by atoms with Gasteiger partial charge in [0, 0.05) is 24.3 Å². The smallest absolute Gasteiger partial charge is 0.224 e. The maximum atomic E-state index is 12.4. The summed E-state index contributed by atoms with van der Waals surface area (Å²) in [5.41, 5.74) is 4.90. The molecule has 2 aromatic carbocycles. The van der Waals surface area contributed by atoms with Crippen molar-refractivity contribution in [2.75, 3.05) is 16.8 Å². The van der Waals surface area contributed by atoms with E-state index in [0.29, 0.717) is 18.4 Å². The predicted molar refractivity (Wildman–Crippen MR) is 108 cm³/mol. The van der Waals surface area contributed by atoms with E-state index in [-0.39, 0.29) is 5.91 Å². The molecule has 4 rings (SSSR count). The molecule has 0 spiro atoms. The lowest BCUT2D eigenvalue weighted by molar-refractivity contribution is -0.117. The minimum atomic E-state index is 0.164. The fourth-order valence-electron chi connectivity index (χ4n) is 4.48. The lowest BCUT2D eigenvalue weighted by atomic mass is 10.0. The maximum Gasteiger partial charge on any atom is 0.224 e. The van der Waals surface area contributed by atoms with Crippen LogP contribution in [0.2, 0.25) is 0 Å². The molecule has 3 nitrogen and oxygen atoms in total. The van der Waals surface area contributed by atoms with Gasteiger partial charge in [-0.1, -0.05) is 49.2 Å². The number of rotatable bonds is 5. The zero-order valence-corrected chi connectivity index (χ0v) is 15.6. The van der Waals surface area contributed by atoms with Crippen LogP contribution in [0, 0.1) is 5.92 Å². The summed E-state index contributed by atoms with van der Waals surface area (Å²) in [6.07, 6.45) is 6.72. The van der Waals surface area contributed by atoms with Gasteiger partial charge in [-0.05, 0) is 55.4 Å². The van der Waals surface area contributed by atoms with Crippen LogP contribution in [0.25, 0.3) is 0 Å². The molecule has 1 N–H and O–H groups in total. The van der Waals surface area contributed by atoms with Crippen LogP contribution in [-0.4, -0.2) is 12.5 Å². The number of nitrogens with one attached hydrogen (secondary N) is 1. The Labute approximate surface area is 156 Å². The molecule has 26 heavy (non-hydrogen) atoms. The molecule has 1 heterocycles. The van der Waals surface area contributed by atoms with Crippen LogP contribution in [0.3, 0.4) is 0 Å². The number of anilines is 2. The molecule has 2 aliphatic rings. The van der Waals surface area contributed by atoms with Crippen LogP contribution < -0.4 is 10.2 Å². The molecule has 0 aromatic heterocycles. The highest BCUT2D eigenvalue weighted by Crippen LogP contribution is 2.37. The first-order chi connectivity index (χ1) is 12.7. The molecule has 1 saturated carbocycles. The molecule has 0 saturated heterocycles. The summed E-state index contributed by atoms with van der Waals surface area (Å²) in [4.78, 5) is 14.8. The van der Waals surface area contributed by atoms with E-state index < -0.39 is 0 Å². The van der Waals surface area contributed by atoms with Crippen molar-refractivity contribution in [3.63, 3.8) is 0 Å². The summed E-state index contributed by atoms with van der Waals surface area (Å²) >= 11 is 0. The third kappa shape index (κ3) is 3.62. The Bertz CT molecular complexity index is 765. The third-order valence-corrected chi connectivity index (χ3v) is 6.00. The van der Waals surface area contributed by atoms with Crippen LogP contribution in [0.1, 0.15) is 56.2 Å². The van der Waals surface area contributed by atoms with Gasteiger partial charge in [-0.2, -0.15) is 0 Å². The van der Waals surface area contributed by atoms with E-state index in [4.69, 9.17) is 0 Å². The molecule has 1 fully saturated rings. The van der Waals surface area contributed by atoms with Gasteiger partial charge < -0.3 is 10.2 Å². The second-order valence-electron chi connectivity index (χ2n) is 7.78. The van der Waals surface area contributed by atoms with Crippen LogP contribution in [0.5, 0.6) is 0 Å². The Balaban J connectivity index is 1.48. The van der Waals surface area contributed by atoms with Crippen molar-refractivity contribution in [3.05, 3.63) is 59.7 Å². The molecule has 1 amide bonds. The zero-order valence-electron chi connectivity index (χ0n) is 15.6. The lowest BCUT2D eigenvalue weighted by Crippen LogP contribution is -2.24. The van der Waals surface area contributed by atoms with Gasteiger partial charge >= 0.3 is 0 Å². The van der Waals surface area contributed by atoms with Crippen LogP contribution >= 0.6 is 0 Å². The van der Waals surface area contributed by atoms with Crippen LogP contribution in [0.15, 0.2) is 48.5 Å². The summed E-state index contributed by atoms with van der Waals surface area (Å²) in [7, 11) is 0. The van der Waals surface area contributed by atoms with E-state index in [2.05, 4.69) is 65.7 Å². The largest absolute Gasteiger partial charge is 0.364 e. The molecule has 1 atom stereocenters. The number of carbonyl (C=O) groups is 1. The van der Waals surface area contributed by atoms with E-state index in [1.165, 1.54) is 42.5 Å². The SMILES string of the molecule is CC(c1ccccc1)N1CCc2ccc(NC(=O)CC3CCCC3)cc21. The van der Waals surface area contributed by atoms with Crippen molar-refractivity contribution in [1.29, 1.82) is 0 Å². The van der Waals surface area contributed by atoms with Gasteiger partial charge in [-0.3, -0.25) is 4.79 Å². The number of hydrogen-bond donors (Lipinski definition) is 1. The monoisotopic (exact) mass is 348 g/mol. The molecule has 3 heteroatoms. The Morgan fingerprint density at radius 3 is 2.69 bits per heavy atom. The Kier molecular flexibility index (Phi) is 4.96. The third-order valence-electron chi connectivity index (χ3n) is 6.00. The molecular formula is C23H28N2O. The average Bonchev–Trinajstić information content (AvgIpc) is 3.31. The number of fused-ring (bicyclic) bond motifs is 1. The second-order valence-corrected chi connectivity index (χ2v) is 7.78. The first-order valence-corrected chi connectivity index (χ1v) is 9.95. The second kappa shape index (κ2) is 7.53. The summed E-state index contributed by atoms with van der Waals surface area (Å²) in [6, 6.07) is 17.4. The van der Waals surface area contributed by atoms with E-state index in [1.807, 2.05) is 0 Å². The van der Waals surface area contributed by atoms with Crippen molar-refractivity contribution < 1.29 is 4.79 Å². The van der Waals surface area contributed by atoms with Crippen molar-refractivity contribution in [3.8, 4) is 0 Å². The number of hydrogen-bond acceptors (Lipinski definition) is 2. The van der Waals surface area contributed by atoms with Gasteiger partial charge in [0.2, 0.25) is 5.91 Å². The quantitative estimate of drug-likeness (QED) is 0.792. The van der Waals surface area contributed by atoms with Crippen LogP contribution in [0.4, 0.5) is 11.4 Å². The number of benzene rings is 2. The van der Waals surface area contributed by atoms with E-state index in [0.717, 1.165) is 18.7 Å². The minimum Gasteiger partial charge on any atom is -0.364 e. The number of carbonyl (C=O) groups excluding carboxylic acids is 1. The van der Waals surface area contributed by atoms with E-state index in [9.17, 15) is 4.79 Å². The van der Waals surface area contributed by atoms with Crippen molar-refractivity contribution >= 4 is 17.3 Å². The van der Waals surface area contributed by atoms with Crippen molar-refractivity contribution in [2.45, 2.75) is 51.5 Å². The van der Waals surface area contributed by atoms with Gasteiger partial charge in [0.05, 0.1) is 6.04 Å². The first-order valence-electron chi connectivity index (χ1n) is 9.95. The maximum absolute atomic E-state index is 12.4. The predicted octanol–water partition coefficient (Wildman–Crippen LogP) is 5.33. The fourth-order valence-corrected chi connectivity index (χ4v) is 4.48. The zero-order chi connectivity index (χ0) is 17.9. The van der Waals surface area contributed by atoms with Crippen LogP contribution in [-0.2, 0) is 11.2 Å². The highest BCUT2D eigenvalue weighted by Gasteiger charge is 2.25. The Morgan fingerprint density at radius 2 is 1.92 bits per heavy atom. The molecule has 0 radical (unpaired) electrons. The Hall–Kier alpha value is -2.29. The summed E-state index contributed by atoms with van der Waals surface area (Å²) < 4.78 is 0. The van der Waals surface area contributed by atoms with E-state index in [1.54, 1.807) is 0 Å². The topological polar surface area (TPSA) is 32.3 Å². The van der Waals surface area contributed by atoms with Crippen molar-refractivity contribution in [2.24, 2.45) is 5.92 Å². The standard InChI is InChI=1S/C23H28N2O/c1-17(19-9-3-2-4-10-19)25-14-13-20-11-12-21(16-22(20)25)24-23(26)15-18-7-5-6-8-18/h2-4,9-12,16-18H,5-8,13-15H2,1H3,(H,24,26). The molecule has 1 aliphatic carbocycles. The molecule has 136 valence electrons. The molecule has 0 bridgehead atoms. The number of amides is 1. The first kappa shape index (κ1) is 17.1.